The van der Waals surface area contributed by atoms with Gasteiger partial charge in [0.05, 0.1) is 33.6 Å². The first kappa shape index (κ1) is 37.2. The predicted molar refractivity (Wildman–Crippen MR) is 236 cm³/mol. The second-order valence-electron chi connectivity index (χ2n) is 15.8. The van der Waals surface area contributed by atoms with Crippen LogP contribution < -0.4 is 15.5 Å². The van der Waals surface area contributed by atoms with Crippen molar-refractivity contribution in [2.45, 2.75) is 41.5 Å². The van der Waals surface area contributed by atoms with E-state index < -0.39 is 0 Å². The Morgan fingerprint density at radius 2 is 0.712 bits per heavy atom. The van der Waals surface area contributed by atoms with Crippen LogP contribution in [0.1, 0.15) is 74.8 Å². The Balaban J connectivity index is 0.980. The fraction of sp³-hybridized carbons (Fsp3) is 0.115. The zero-order chi connectivity index (χ0) is 41.4. The number of benzene rings is 7. The number of amides is 4. The highest BCUT2D eigenvalue weighted by atomic mass is 16.2. The van der Waals surface area contributed by atoms with Gasteiger partial charge in [0.1, 0.15) is 0 Å². The van der Waals surface area contributed by atoms with Crippen molar-refractivity contribution in [3.8, 4) is 44.5 Å². The Labute approximate surface area is 343 Å². The van der Waals surface area contributed by atoms with Gasteiger partial charge in [-0.2, -0.15) is 0 Å². The number of rotatable bonds is 6. The van der Waals surface area contributed by atoms with Gasteiger partial charge in [-0.15, -0.1) is 0 Å². The molecule has 0 unspecified atom stereocenters. The fourth-order valence-electron chi connectivity index (χ4n) is 8.85. The second-order valence-corrected chi connectivity index (χ2v) is 15.8. The molecule has 0 bridgehead atoms. The molecule has 7 aromatic carbocycles. The highest BCUT2D eigenvalue weighted by Crippen LogP contribution is 2.41. The standard InChI is InChI=1S/C52H41N3O4/c1-28-7-9-34(10-8-28)36-13-19-43-45(26-36)51(58)54(49(43)56)40-22-30(3)47(31(4)23-40)38-15-18-42(29(2)21-38)48-32(5)24-41(25-33(48)6)55-50(57)44-20-14-37(27-46(44)52(55)59)35-11-16-39(53)17-12-35/h7-27H,53H2,1-6H3. The van der Waals surface area contributed by atoms with Gasteiger partial charge in [0, 0.05) is 5.69 Å². The molecule has 0 spiro atoms. The van der Waals surface area contributed by atoms with Crippen LogP contribution in [0.4, 0.5) is 17.1 Å². The minimum Gasteiger partial charge on any atom is -0.399 e. The molecule has 7 nitrogen and oxygen atoms in total. The van der Waals surface area contributed by atoms with Crippen molar-refractivity contribution >= 4 is 40.7 Å². The van der Waals surface area contributed by atoms with Gasteiger partial charge in [-0.05, 0) is 175 Å². The summed E-state index contributed by atoms with van der Waals surface area (Å²) in [6.45, 7) is 12.1. The number of nitrogen functional groups attached to an aromatic ring is 1. The van der Waals surface area contributed by atoms with E-state index in [1.54, 1.807) is 18.2 Å². The van der Waals surface area contributed by atoms with E-state index in [4.69, 9.17) is 5.73 Å². The van der Waals surface area contributed by atoms with Crippen LogP contribution in [0, 0.1) is 41.5 Å². The number of anilines is 3. The number of fused-ring (bicyclic) bond motifs is 2. The largest absolute Gasteiger partial charge is 0.399 e. The highest BCUT2D eigenvalue weighted by molar-refractivity contribution is 6.35. The SMILES string of the molecule is Cc1ccc(-c2ccc3c(c2)C(=O)N(c2cc(C)c(-c4ccc(-c5c(C)cc(N6C(=O)c7ccc(-c8ccc(N)cc8)cc7C6=O)cc5C)c(C)c4)c(C)c2)C3=O)cc1. The first-order valence-corrected chi connectivity index (χ1v) is 19.6. The third kappa shape index (κ3) is 6.14. The van der Waals surface area contributed by atoms with Crippen molar-refractivity contribution < 1.29 is 19.2 Å². The number of carbonyl (C=O) groups is 4. The summed E-state index contributed by atoms with van der Waals surface area (Å²) in [5, 5.41) is 0. The molecule has 0 atom stereocenters. The van der Waals surface area contributed by atoms with Gasteiger partial charge in [0.25, 0.3) is 23.6 Å². The lowest BCUT2D eigenvalue weighted by molar-refractivity contribution is 0.0910. The Kier molecular flexibility index (Phi) is 8.78. The van der Waals surface area contributed by atoms with E-state index >= 15 is 0 Å². The molecular weight excluding hydrogens is 731 g/mol. The maximum absolute atomic E-state index is 13.8. The van der Waals surface area contributed by atoms with Crippen molar-refractivity contribution in [2.24, 2.45) is 0 Å². The van der Waals surface area contributed by atoms with Crippen LogP contribution in [0.15, 0.2) is 127 Å². The second kappa shape index (κ2) is 13.9. The molecule has 9 rings (SSSR count). The normalized spacial score (nSPS) is 13.4. The number of carbonyl (C=O) groups excluding carboxylic acids is 4. The molecule has 288 valence electrons. The number of imide groups is 2. The summed E-state index contributed by atoms with van der Waals surface area (Å²) in [5.74, 6) is -1.33. The highest BCUT2D eigenvalue weighted by Gasteiger charge is 2.38. The topological polar surface area (TPSA) is 101 Å². The minimum absolute atomic E-state index is 0.324. The lowest BCUT2D eigenvalue weighted by Crippen LogP contribution is -2.29. The summed E-state index contributed by atoms with van der Waals surface area (Å²) < 4.78 is 0. The van der Waals surface area contributed by atoms with E-state index in [0.29, 0.717) is 39.3 Å². The molecule has 59 heavy (non-hydrogen) atoms. The van der Waals surface area contributed by atoms with E-state index in [1.807, 2.05) is 126 Å². The maximum atomic E-state index is 13.8. The number of nitrogens with zero attached hydrogens (tertiary/aromatic N) is 2. The van der Waals surface area contributed by atoms with Gasteiger partial charge >= 0.3 is 0 Å². The number of nitrogens with two attached hydrogens (primary N) is 1. The van der Waals surface area contributed by atoms with Crippen molar-refractivity contribution in [3.05, 3.63) is 183 Å². The van der Waals surface area contributed by atoms with Crippen LogP contribution in [-0.4, -0.2) is 23.6 Å². The lowest BCUT2D eigenvalue weighted by atomic mass is 9.88. The summed E-state index contributed by atoms with van der Waals surface area (Å²) in [6.07, 6.45) is 0. The van der Waals surface area contributed by atoms with Gasteiger partial charge in [-0.3, -0.25) is 19.2 Å². The van der Waals surface area contributed by atoms with E-state index in [2.05, 4.69) is 25.1 Å². The summed E-state index contributed by atoms with van der Waals surface area (Å²) in [4.78, 5) is 57.5. The van der Waals surface area contributed by atoms with Crippen molar-refractivity contribution in [2.75, 3.05) is 15.5 Å². The zero-order valence-electron chi connectivity index (χ0n) is 33.7. The minimum atomic E-state index is -0.346. The summed E-state index contributed by atoms with van der Waals surface area (Å²) in [7, 11) is 0. The van der Waals surface area contributed by atoms with E-state index in [1.165, 1.54) is 9.80 Å². The molecule has 0 saturated carbocycles. The van der Waals surface area contributed by atoms with E-state index in [-0.39, 0.29) is 23.6 Å². The van der Waals surface area contributed by atoms with Crippen LogP contribution in [0.2, 0.25) is 0 Å². The Morgan fingerprint density at radius 1 is 0.339 bits per heavy atom. The van der Waals surface area contributed by atoms with Crippen molar-refractivity contribution in [1.29, 1.82) is 0 Å². The number of aryl methyl sites for hydroxylation is 6. The van der Waals surface area contributed by atoms with E-state index in [9.17, 15) is 19.2 Å². The average molecular weight is 772 g/mol. The molecule has 7 heteroatoms. The van der Waals surface area contributed by atoms with Crippen LogP contribution in [-0.2, 0) is 0 Å². The van der Waals surface area contributed by atoms with Crippen LogP contribution in [0.3, 0.4) is 0 Å². The summed E-state index contributed by atoms with van der Waals surface area (Å²) in [5.41, 5.74) is 23.0. The monoisotopic (exact) mass is 771 g/mol. The zero-order valence-corrected chi connectivity index (χ0v) is 33.7. The van der Waals surface area contributed by atoms with Gasteiger partial charge in [-0.25, -0.2) is 9.80 Å². The molecule has 2 aliphatic heterocycles. The third-order valence-electron chi connectivity index (χ3n) is 11.7. The summed E-state index contributed by atoms with van der Waals surface area (Å²) in [6, 6.07) is 40.4. The lowest BCUT2D eigenvalue weighted by Gasteiger charge is -2.21. The average Bonchev–Trinajstić information content (AvgIpc) is 3.61. The Bertz CT molecular complexity index is 2930. The molecule has 0 aromatic heterocycles. The van der Waals surface area contributed by atoms with Gasteiger partial charge in [-0.1, -0.05) is 72.3 Å². The quantitative estimate of drug-likeness (QED) is 0.134. The Hall–Kier alpha value is -7.38. The molecule has 2 N–H and O–H groups in total. The molecule has 0 saturated heterocycles. The number of hydrogen-bond donors (Lipinski definition) is 1. The number of hydrogen-bond acceptors (Lipinski definition) is 5. The molecule has 2 aliphatic rings. The van der Waals surface area contributed by atoms with Crippen LogP contribution >= 0.6 is 0 Å². The van der Waals surface area contributed by atoms with Crippen molar-refractivity contribution in [1.82, 2.24) is 0 Å². The first-order chi connectivity index (χ1) is 28.3. The summed E-state index contributed by atoms with van der Waals surface area (Å²) >= 11 is 0. The van der Waals surface area contributed by atoms with Gasteiger partial charge in [0.2, 0.25) is 0 Å². The fourth-order valence-corrected chi connectivity index (χ4v) is 8.85. The van der Waals surface area contributed by atoms with Crippen LogP contribution in [0.5, 0.6) is 0 Å². The molecule has 7 aromatic rings. The Morgan fingerprint density at radius 3 is 1.17 bits per heavy atom. The van der Waals surface area contributed by atoms with Gasteiger partial charge in [0.15, 0.2) is 0 Å². The smallest absolute Gasteiger partial charge is 0.266 e. The van der Waals surface area contributed by atoms with E-state index in [0.717, 1.165) is 77.9 Å². The molecular formula is C52H41N3O4. The third-order valence-corrected chi connectivity index (χ3v) is 11.7. The van der Waals surface area contributed by atoms with Gasteiger partial charge < -0.3 is 5.73 Å². The maximum Gasteiger partial charge on any atom is 0.266 e. The molecule has 0 radical (unpaired) electrons. The van der Waals surface area contributed by atoms with Crippen molar-refractivity contribution in [3.63, 3.8) is 0 Å². The molecule has 2 heterocycles. The molecule has 0 aliphatic carbocycles. The first-order valence-electron chi connectivity index (χ1n) is 19.6. The molecule has 4 amide bonds. The predicted octanol–water partition coefficient (Wildman–Crippen LogP) is 11.4. The molecule has 0 fully saturated rings. The van der Waals surface area contributed by atoms with Crippen LogP contribution in [0.25, 0.3) is 44.5 Å².